The molecule has 3 rings (SSSR count). The van der Waals surface area contributed by atoms with E-state index in [-0.39, 0.29) is 0 Å². The number of hydrogen-bond acceptors (Lipinski definition) is 1. The third kappa shape index (κ3) is 2.51. The zero-order valence-corrected chi connectivity index (χ0v) is 12.4. The summed E-state index contributed by atoms with van der Waals surface area (Å²) in [4.78, 5) is 4.51. The highest BCUT2D eigenvalue weighted by molar-refractivity contribution is 9.10. The second-order valence-electron chi connectivity index (χ2n) is 4.40. The zero-order chi connectivity index (χ0) is 13.2. The number of aromatic nitrogens is 1. The molecule has 0 saturated carbocycles. The number of hydrogen-bond donors (Lipinski definition) is 0. The lowest BCUT2D eigenvalue weighted by Gasteiger charge is -2.08. The summed E-state index contributed by atoms with van der Waals surface area (Å²) in [6.07, 6.45) is 2.63. The summed E-state index contributed by atoms with van der Waals surface area (Å²) in [6, 6.07) is 16.5. The molecule has 0 bridgehead atoms. The molecule has 0 N–H and O–H groups in total. The molecular weight excluding hydrogens is 322 g/mol. The standard InChI is InChI=1S/C16H11BrClN/c17-14-10-19-16-12(7-4-8-13(16)15(14)18)9-11-5-2-1-3-6-11/h1-8,10H,9H2. The quantitative estimate of drug-likeness (QED) is 0.625. The Morgan fingerprint density at radius 1 is 1.00 bits per heavy atom. The molecule has 0 aliphatic rings. The Morgan fingerprint density at radius 2 is 1.79 bits per heavy atom. The minimum atomic E-state index is 0.722. The van der Waals surface area contributed by atoms with Gasteiger partial charge in [-0.1, -0.05) is 60.1 Å². The van der Waals surface area contributed by atoms with Crippen molar-refractivity contribution in [2.45, 2.75) is 6.42 Å². The first-order valence-electron chi connectivity index (χ1n) is 6.01. The molecule has 0 saturated heterocycles. The van der Waals surface area contributed by atoms with E-state index in [1.807, 2.05) is 18.2 Å². The highest BCUT2D eigenvalue weighted by atomic mass is 79.9. The smallest absolute Gasteiger partial charge is 0.0753 e. The first-order valence-corrected chi connectivity index (χ1v) is 7.18. The molecule has 0 atom stereocenters. The summed E-state index contributed by atoms with van der Waals surface area (Å²) >= 11 is 9.73. The van der Waals surface area contributed by atoms with Crippen molar-refractivity contribution in [3.63, 3.8) is 0 Å². The van der Waals surface area contributed by atoms with Crippen molar-refractivity contribution in [3.05, 3.63) is 75.4 Å². The van der Waals surface area contributed by atoms with Gasteiger partial charge >= 0.3 is 0 Å². The fourth-order valence-corrected chi connectivity index (χ4v) is 2.70. The summed E-state index contributed by atoms with van der Waals surface area (Å²) in [5, 5.41) is 1.71. The third-order valence-electron chi connectivity index (χ3n) is 3.11. The van der Waals surface area contributed by atoms with E-state index in [0.717, 1.165) is 26.8 Å². The predicted molar refractivity (Wildman–Crippen MR) is 83.7 cm³/mol. The van der Waals surface area contributed by atoms with Crippen molar-refractivity contribution in [3.8, 4) is 0 Å². The Morgan fingerprint density at radius 3 is 2.58 bits per heavy atom. The summed E-state index contributed by atoms with van der Waals surface area (Å²) in [5.41, 5.74) is 3.44. The normalized spacial score (nSPS) is 10.8. The Labute approximate surface area is 125 Å². The summed E-state index contributed by atoms with van der Waals surface area (Å²) < 4.78 is 0.832. The summed E-state index contributed by atoms with van der Waals surface area (Å²) in [5.74, 6) is 0. The topological polar surface area (TPSA) is 12.9 Å². The van der Waals surface area contributed by atoms with Gasteiger partial charge in [0.05, 0.1) is 15.0 Å². The summed E-state index contributed by atoms with van der Waals surface area (Å²) in [6.45, 7) is 0. The van der Waals surface area contributed by atoms with Gasteiger partial charge in [-0.25, -0.2) is 0 Å². The van der Waals surface area contributed by atoms with Crippen LogP contribution in [0.15, 0.2) is 59.2 Å². The Kier molecular flexibility index (Phi) is 3.54. The first-order chi connectivity index (χ1) is 9.25. The number of fused-ring (bicyclic) bond motifs is 1. The van der Waals surface area contributed by atoms with Crippen LogP contribution in [0.3, 0.4) is 0 Å². The molecule has 1 nitrogen and oxygen atoms in total. The molecule has 19 heavy (non-hydrogen) atoms. The second kappa shape index (κ2) is 5.32. The van der Waals surface area contributed by atoms with Gasteiger partial charge in [0.25, 0.3) is 0 Å². The van der Waals surface area contributed by atoms with E-state index in [4.69, 9.17) is 11.6 Å². The molecule has 94 valence electrons. The lowest BCUT2D eigenvalue weighted by Crippen LogP contribution is -1.92. The number of pyridine rings is 1. The van der Waals surface area contributed by atoms with Crippen molar-refractivity contribution in [1.82, 2.24) is 4.98 Å². The van der Waals surface area contributed by atoms with Crippen LogP contribution in [0.5, 0.6) is 0 Å². The maximum Gasteiger partial charge on any atom is 0.0753 e. The van der Waals surface area contributed by atoms with Crippen molar-refractivity contribution in [1.29, 1.82) is 0 Å². The van der Waals surface area contributed by atoms with Crippen LogP contribution in [-0.2, 0) is 6.42 Å². The number of rotatable bonds is 2. The van der Waals surface area contributed by atoms with Crippen molar-refractivity contribution in [2.24, 2.45) is 0 Å². The van der Waals surface area contributed by atoms with E-state index in [2.05, 4.69) is 51.2 Å². The van der Waals surface area contributed by atoms with Crippen LogP contribution in [0, 0.1) is 0 Å². The lowest BCUT2D eigenvalue weighted by atomic mass is 10.0. The molecule has 0 unspecified atom stereocenters. The van der Waals surface area contributed by atoms with Crippen LogP contribution < -0.4 is 0 Å². The predicted octanol–water partition coefficient (Wildman–Crippen LogP) is 5.24. The van der Waals surface area contributed by atoms with E-state index in [1.165, 1.54) is 11.1 Å². The van der Waals surface area contributed by atoms with Gasteiger partial charge in [-0.05, 0) is 33.5 Å². The number of benzene rings is 2. The Bertz CT molecular complexity index is 725. The van der Waals surface area contributed by atoms with Crippen LogP contribution >= 0.6 is 27.5 Å². The van der Waals surface area contributed by atoms with Gasteiger partial charge in [0, 0.05) is 11.6 Å². The monoisotopic (exact) mass is 331 g/mol. The molecule has 0 fully saturated rings. The maximum atomic E-state index is 6.31. The molecule has 1 heterocycles. The number of nitrogens with zero attached hydrogens (tertiary/aromatic N) is 1. The molecular formula is C16H11BrClN. The van der Waals surface area contributed by atoms with Crippen LogP contribution in [0.4, 0.5) is 0 Å². The van der Waals surface area contributed by atoms with Crippen molar-refractivity contribution in [2.75, 3.05) is 0 Å². The molecule has 3 aromatic rings. The molecule has 0 spiro atoms. The number of halogens is 2. The van der Waals surface area contributed by atoms with E-state index < -0.39 is 0 Å². The molecule has 0 radical (unpaired) electrons. The van der Waals surface area contributed by atoms with E-state index in [1.54, 1.807) is 6.20 Å². The zero-order valence-electron chi connectivity index (χ0n) is 10.1. The van der Waals surface area contributed by atoms with Gasteiger partial charge in [-0.2, -0.15) is 0 Å². The van der Waals surface area contributed by atoms with Crippen molar-refractivity contribution >= 4 is 38.4 Å². The molecule has 0 aliphatic carbocycles. The van der Waals surface area contributed by atoms with Crippen LogP contribution in [0.25, 0.3) is 10.9 Å². The molecule has 0 aliphatic heterocycles. The average molecular weight is 333 g/mol. The fourth-order valence-electron chi connectivity index (χ4n) is 2.19. The largest absolute Gasteiger partial charge is 0.255 e. The highest BCUT2D eigenvalue weighted by Crippen LogP contribution is 2.31. The highest BCUT2D eigenvalue weighted by Gasteiger charge is 2.08. The van der Waals surface area contributed by atoms with Gasteiger partial charge in [0.15, 0.2) is 0 Å². The van der Waals surface area contributed by atoms with Crippen LogP contribution in [-0.4, -0.2) is 4.98 Å². The van der Waals surface area contributed by atoms with Crippen LogP contribution in [0.2, 0.25) is 5.02 Å². The minimum Gasteiger partial charge on any atom is -0.255 e. The average Bonchev–Trinajstić information content (AvgIpc) is 2.45. The molecule has 0 amide bonds. The van der Waals surface area contributed by atoms with Gasteiger partial charge in [-0.15, -0.1) is 0 Å². The Hall–Kier alpha value is -1.38. The van der Waals surface area contributed by atoms with Crippen molar-refractivity contribution < 1.29 is 0 Å². The molecule has 1 aromatic heterocycles. The van der Waals surface area contributed by atoms with E-state index in [9.17, 15) is 0 Å². The van der Waals surface area contributed by atoms with Gasteiger partial charge in [0.1, 0.15) is 0 Å². The second-order valence-corrected chi connectivity index (χ2v) is 5.63. The molecule has 3 heteroatoms. The lowest BCUT2D eigenvalue weighted by molar-refractivity contribution is 1.19. The maximum absolute atomic E-state index is 6.31. The fraction of sp³-hybridized carbons (Fsp3) is 0.0625. The van der Waals surface area contributed by atoms with Gasteiger partial charge in [0.2, 0.25) is 0 Å². The van der Waals surface area contributed by atoms with E-state index >= 15 is 0 Å². The van der Waals surface area contributed by atoms with Gasteiger partial charge in [-0.3, -0.25) is 4.98 Å². The van der Waals surface area contributed by atoms with Crippen LogP contribution in [0.1, 0.15) is 11.1 Å². The minimum absolute atomic E-state index is 0.722. The van der Waals surface area contributed by atoms with E-state index in [0.29, 0.717) is 0 Å². The Balaban J connectivity index is 2.12. The SMILES string of the molecule is Clc1c(Br)cnc2c(Cc3ccccc3)cccc12. The van der Waals surface area contributed by atoms with Gasteiger partial charge < -0.3 is 0 Å². The number of para-hydroxylation sites is 1. The first kappa shape index (κ1) is 12.6. The molecule has 2 aromatic carbocycles. The summed E-state index contributed by atoms with van der Waals surface area (Å²) in [7, 11) is 0. The third-order valence-corrected chi connectivity index (χ3v) is 4.35.